The Kier molecular flexibility index (Phi) is 6.03. The van der Waals surface area contributed by atoms with Crippen LogP contribution in [-0.4, -0.2) is 50.6 Å². The maximum atomic E-state index is 13.0. The second kappa shape index (κ2) is 8.65. The number of amides is 2. The van der Waals surface area contributed by atoms with E-state index in [4.69, 9.17) is 14.2 Å². The molecule has 1 unspecified atom stereocenters. The van der Waals surface area contributed by atoms with Gasteiger partial charge < -0.3 is 24.4 Å². The predicted molar refractivity (Wildman–Crippen MR) is 105 cm³/mol. The molecular formula is C21H24N2O5. The highest BCUT2D eigenvalue weighted by atomic mass is 16.5. The third-order valence-electron chi connectivity index (χ3n) is 4.80. The van der Waals surface area contributed by atoms with Gasteiger partial charge in [-0.05, 0) is 55.3 Å². The summed E-state index contributed by atoms with van der Waals surface area (Å²) in [4.78, 5) is 27.4. The van der Waals surface area contributed by atoms with E-state index in [1.165, 1.54) is 7.11 Å². The van der Waals surface area contributed by atoms with Crippen molar-refractivity contribution < 1.29 is 23.8 Å². The Hall–Kier alpha value is -3.22. The number of anilines is 1. The van der Waals surface area contributed by atoms with Crippen LogP contribution in [0.2, 0.25) is 0 Å². The number of hydrogen-bond donors (Lipinski definition) is 1. The van der Waals surface area contributed by atoms with Crippen LogP contribution in [0.5, 0.6) is 17.2 Å². The number of likely N-dealkylation sites (tertiary alicyclic amines) is 1. The summed E-state index contributed by atoms with van der Waals surface area (Å²) < 4.78 is 15.6. The second-order valence-electron chi connectivity index (χ2n) is 6.44. The van der Waals surface area contributed by atoms with E-state index in [1.54, 1.807) is 61.6 Å². The quantitative estimate of drug-likeness (QED) is 0.829. The molecule has 1 atom stereocenters. The van der Waals surface area contributed by atoms with Crippen LogP contribution in [0, 0.1) is 0 Å². The Balaban J connectivity index is 1.74. The minimum atomic E-state index is -0.511. The van der Waals surface area contributed by atoms with Crippen molar-refractivity contribution in [2.24, 2.45) is 0 Å². The summed E-state index contributed by atoms with van der Waals surface area (Å²) >= 11 is 0. The number of ether oxygens (including phenoxy) is 3. The van der Waals surface area contributed by atoms with Gasteiger partial charge in [-0.3, -0.25) is 9.59 Å². The molecule has 2 amide bonds. The minimum absolute atomic E-state index is 0.198. The van der Waals surface area contributed by atoms with Crippen LogP contribution in [0.3, 0.4) is 0 Å². The van der Waals surface area contributed by atoms with Gasteiger partial charge in [-0.15, -0.1) is 0 Å². The van der Waals surface area contributed by atoms with E-state index in [0.717, 1.165) is 6.42 Å². The summed E-state index contributed by atoms with van der Waals surface area (Å²) in [7, 11) is 4.65. The topological polar surface area (TPSA) is 77.1 Å². The number of nitrogens with one attached hydrogen (secondary N) is 1. The number of methoxy groups -OCH3 is 3. The van der Waals surface area contributed by atoms with Gasteiger partial charge >= 0.3 is 0 Å². The zero-order valence-corrected chi connectivity index (χ0v) is 16.2. The van der Waals surface area contributed by atoms with Gasteiger partial charge in [0.2, 0.25) is 5.91 Å². The first-order valence-electron chi connectivity index (χ1n) is 9.05. The van der Waals surface area contributed by atoms with Crippen molar-refractivity contribution in [1.29, 1.82) is 0 Å². The maximum absolute atomic E-state index is 13.0. The lowest BCUT2D eigenvalue weighted by molar-refractivity contribution is -0.119. The fraction of sp³-hybridized carbons (Fsp3) is 0.333. The molecule has 0 bridgehead atoms. The maximum Gasteiger partial charge on any atom is 0.254 e. The summed E-state index contributed by atoms with van der Waals surface area (Å²) in [5.41, 5.74) is 1.12. The lowest BCUT2D eigenvalue weighted by atomic mass is 10.1. The summed E-state index contributed by atoms with van der Waals surface area (Å²) in [6.07, 6.45) is 1.40. The average Bonchev–Trinajstić information content (AvgIpc) is 3.23. The molecule has 7 nitrogen and oxygen atoms in total. The molecule has 1 aliphatic heterocycles. The normalized spacial score (nSPS) is 15.8. The first-order chi connectivity index (χ1) is 13.6. The van der Waals surface area contributed by atoms with Gasteiger partial charge in [-0.2, -0.15) is 0 Å². The molecule has 0 saturated carbocycles. The fourth-order valence-electron chi connectivity index (χ4n) is 3.32. The molecule has 2 aromatic carbocycles. The first-order valence-corrected chi connectivity index (χ1v) is 9.05. The molecule has 0 spiro atoms. The average molecular weight is 384 g/mol. The van der Waals surface area contributed by atoms with E-state index in [9.17, 15) is 9.59 Å². The highest BCUT2D eigenvalue weighted by Crippen LogP contribution is 2.29. The minimum Gasteiger partial charge on any atom is -0.497 e. The third kappa shape index (κ3) is 4.03. The highest BCUT2D eigenvalue weighted by Gasteiger charge is 2.34. The molecule has 2 aromatic rings. The van der Waals surface area contributed by atoms with Gasteiger partial charge in [0.15, 0.2) is 11.5 Å². The summed E-state index contributed by atoms with van der Waals surface area (Å²) in [6, 6.07) is 11.6. The van der Waals surface area contributed by atoms with Crippen molar-refractivity contribution in [1.82, 2.24) is 4.90 Å². The Morgan fingerprint density at radius 3 is 2.32 bits per heavy atom. The van der Waals surface area contributed by atoms with Gasteiger partial charge in [-0.1, -0.05) is 0 Å². The summed E-state index contributed by atoms with van der Waals surface area (Å²) in [6.45, 7) is 0.536. The first kappa shape index (κ1) is 19.5. The molecule has 1 heterocycles. The van der Waals surface area contributed by atoms with E-state index in [1.807, 2.05) is 0 Å². The van der Waals surface area contributed by atoms with Crippen molar-refractivity contribution in [2.75, 3.05) is 33.2 Å². The lowest BCUT2D eigenvalue weighted by Crippen LogP contribution is -2.43. The number of carbonyl (C=O) groups excluding carboxylic acids is 2. The van der Waals surface area contributed by atoms with Crippen LogP contribution < -0.4 is 19.5 Å². The van der Waals surface area contributed by atoms with E-state index in [2.05, 4.69) is 5.32 Å². The zero-order chi connectivity index (χ0) is 20.1. The van der Waals surface area contributed by atoms with Crippen molar-refractivity contribution in [3.05, 3.63) is 48.0 Å². The van der Waals surface area contributed by atoms with Crippen LogP contribution in [0.4, 0.5) is 5.69 Å². The molecule has 7 heteroatoms. The lowest BCUT2D eigenvalue weighted by Gasteiger charge is -2.24. The molecule has 148 valence electrons. The van der Waals surface area contributed by atoms with Crippen LogP contribution in [0.25, 0.3) is 0 Å². The molecule has 0 aliphatic carbocycles. The van der Waals surface area contributed by atoms with Gasteiger partial charge in [-0.25, -0.2) is 0 Å². The highest BCUT2D eigenvalue weighted by molar-refractivity contribution is 6.01. The van der Waals surface area contributed by atoms with Crippen LogP contribution in [-0.2, 0) is 4.79 Å². The predicted octanol–water partition coefficient (Wildman–Crippen LogP) is 2.96. The largest absolute Gasteiger partial charge is 0.497 e. The second-order valence-corrected chi connectivity index (χ2v) is 6.44. The Labute approximate surface area is 164 Å². The fourth-order valence-corrected chi connectivity index (χ4v) is 3.32. The summed E-state index contributed by atoms with van der Waals surface area (Å²) in [5, 5.41) is 2.88. The number of nitrogens with zero attached hydrogens (tertiary/aromatic N) is 1. The van der Waals surface area contributed by atoms with Gasteiger partial charge in [0.1, 0.15) is 11.8 Å². The molecule has 0 aromatic heterocycles. The van der Waals surface area contributed by atoms with E-state index in [0.29, 0.717) is 41.5 Å². The van der Waals surface area contributed by atoms with Gasteiger partial charge in [0, 0.05) is 17.8 Å². The third-order valence-corrected chi connectivity index (χ3v) is 4.80. The van der Waals surface area contributed by atoms with E-state index < -0.39 is 6.04 Å². The molecular weight excluding hydrogens is 360 g/mol. The van der Waals surface area contributed by atoms with Gasteiger partial charge in [0.25, 0.3) is 5.91 Å². The van der Waals surface area contributed by atoms with Crippen molar-refractivity contribution >= 4 is 17.5 Å². The van der Waals surface area contributed by atoms with Crippen LogP contribution in [0.1, 0.15) is 23.2 Å². The molecule has 0 radical (unpaired) electrons. The zero-order valence-electron chi connectivity index (χ0n) is 16.2. The van der Waals surface area contributed by atoms with Crippen molar-refractivity contribution in [2.45, 2.75) is 18.9 Å². The van der Waals surface area contributed by atoms with Crippen LogP contribution in [0.15, 0.2) is 42.5 Å². The molecule has 1 aliphatic rings. The number of hydrogen-bond acceptors (Lipinski definition) is 5. The van der Waals surface area contributed by atoms with Crippen LogP contribution >= 0.6 is 0 Å². The molecule has 1 saturated heterocycles. The van der Waals surface area contributed by atoms with E-state index in [-0.39, 0.29) is 11.8 Å². The Morgan fingerprint density at radius 2 is 1.68 bits per heavy atom. The number of carbonyl (C=O) groups is 2. The smallest absolute Gasteiger partial charge is 0.254 e. The van der Waals surface area contributed by atoms with Crippen molar-refractivity contribution in [3.63, 3.8) is 0 Å². The molecule has 28 heavy (non-hydrogen) atoms. The Bertz CT molecular complexity index is 850. The molecule has 1 N–H and O–H groups in total. The summed E-state index contributed by atoms with van der Waals surface area (Å²) in [5.74, 6) is 1.34. The SMILES string of the molecule is COc1ccc(NC(=O)C2CCCN2C(=O)c2ccc(OC)c(OC)c2)cc1. The standard InChI is InChI=1S/C21H24N2O5/c1-26-16-9-7-15(8-10-16)22-20(24)17-5-4-12-23(17)21(25)14-6-11-18(27-2)19(13-14)28-3/h6-11,13,17H,4-5,12H2,1-3H3,(H,22,24). The van der Waals surface area contributed by atoms with E-state index >= 15 is 0 Å². The molecule has 1 fully saturated rings. The van der Waals surface area contributed by atoms with Crippen molar-refractivity contribution in [3.8, 4) is 17.2 Å². The number of benzene rings is 2. The number of rotatable bonds is 6. The molecule has 3 rings (SSSR count). The Morgan fingerprint density at radius 1 is 0.964 bits per heavy atom. The van der Waals surface area contributed by atoms with Gasteiger partial charge in [0.05, 0.1) is 21.3 Å². The monoisotopic (exact) mass is 384 g/mol.